The van der Waals surface area contributed by atoms with Gasteiger partial charge < -0.3 is 14.7 Å². The van der Waals surface area contributed by atoms with E-state index in [-0.39, 0.29) is 12.1 Å². The van der Waals surface area contributed by atoms with Crippen LogP contribution in [0.4, 0.5) is 4.79 Å². The highest BCUT2D eigenvalue weighted by molar-refractivity contribution is 5.75. The largest absolute Gasteiger partial charge is 0.337 e. The Bertz CT molecular complexity index is 905. The minimum absolute atomic E-state index is 0.0995. The molecule has 27 heavy (non-hydrogen) atoms. The summed E-state index contributed by atoms with van der Waals surface area (Å²) >= 11 is 0. The highest BCUT2D eigenvalue weighted by atomic mass is 16.5. The predicted octanol–water partition coefficient (Wildman–Crippen LogP) is 4.09. The van der Waals surface area contributed by atoms with E-state index in [1.54, 1.807) is 4.90 Å². The SMILES string of the molecule is Cc1ccc(CNC(=O)N2CCC[C@H]2c2nc(-c3ccccc3)no2)cc1. The molecular formula is C21H22N4O2. The van der Waals surface area contributed by atoms with Gasteiger partial charge in [0.25, 0.3) is 0 Å². The smallest absolute Gasteiger partial charge is 0.318 e. The molecule has 0 spiro atoms. The summed E-state index contributed by atoms with van der Waals surface area (Å²) in [4.78, 5) is 19.0. The maximum Gasteiger partial charge on any atom is 0.318 e. The van der Waals surface area contributed by atoms with Crippen molar-refractivity contribution in [3.63, 3.8) is 0 Å². The van der Waals surface area contributed by atoms with Crippen LogP contribution in [0.2, 0.25) is 0 Å². The van der Waals surface area contributed by atoms with Gasteiger partial charge in [0.2, 0.25) is 11.7 Å². The molecule has 6 nitrogen and oxygen atoms in total. The van der Waals surface area contributed by atoms with Crippen molar-refractivity contribution in [2.75, 3.05) is 6.54 Å². The quantitative estimate of drug-likeness (QED) is 0.759. The molecule has 1 aliphatic rings. The summed E-state index contributed by atoms with van der Waals surface area (Å²) in [5.41, 5.74) is 3.19. The fourth-order valence-corrected chi connectivity index (χ4v) is 3.33. The van der Waals surface area contributed by atoms with Gasteiger partial charge in [0.05, 0.1) is 0 Å². The zero-order valence-corrected chi connectivity index (χ0v) is 15.3. The Kier molecular flexibility index (Phi) is 4.87. The van der Waals surface area contributed by atoms with Crippen LogP contribution in [0.1, 0.15) is 35.9 Å². The van der Waals surface area contributed by atoms with Crippen molar-refractivity contribution >= 4 is 6.03 Å². The first-order valence-corrected chi connectivity index (χ1v) is 9.20. The van der Waals surface area contributed by atoms with E-state index < -0.39 is 0 Å². The molecule has 2 heterocycles. The predicted molar refractivity (Wildman–Crippen MR) is 102 cm³/mol. The molecule has 3 aromatic rings. The van der Waals surface area contributed by atoms with E-state index in [9.17, 15) is 4.79 Å². The second-order valence-corrected chi connectivity index (χ2v) is 6.82. The molecule has 2 amide bonds. The number of rotatable bonds is 4. The molecule has 0 bridgehead atoms. The number of likely N-dealkylation sites (tertiary alicyclic amines) is 1. The standard InChI is InChI=1S/C21H22N4O2/c1-15-9-11-16(12-10-15)14-22-21(26)25-13-5-8-18(25)20-23-19(24-27-20)17-6-3-2-4-7-17/h2-4,6-7,9-12,18H,5,8,13-14H2,1H3,(H,22,26)/t18-/m0/s1. The molecule has 2 aromatic carbocycles. The topological polar surface area (TPSA) is 71.3 Å². The molecule has 0 radical (unpaired) electrons. The molecule has 1 aliphatic heterocycles. The first-order valence-electron chi connectivity index (χ1n) is 9.20. The van der Waals surface area contributed by atoms with Crippen LogP contribution in [0.15, 0.2) is 59.1 Å². The van der Waals surface area contributed by atoms with E-state index in [0.717, 1.165) is 24.0 Å². The number of hydrogen-bond acceptors (Lipinski definition) is 4. The lowest BCUT2D eigenvalue weighted by Gasteiger charge is -2.22. The molecular weight excluding hydrogens is 340 g/mol. The normalized spacial score (nSPS) is 16.5. The number of carbonyl (C=O) groups is 1. The van der Waals surface area contributed by atoms with Crippen molar-refractivity contribution in [3.05, 3.63) is 71.6 Å². The first-order chi connectivity index (χ1) is 13.2. The molecule has 1 saturated heterocycles. The summed E-state index contributed by atoms with van der Waals surface area (Å²) in [6, 6.07) is 17.6. The molecule has 4 rings (SSSR count). The average molecular weight is 362 g/mol. The third-order valence-electron chi connectivity index (χ3n) is 4.84. The van der Waals surface area contributed by atoms with Gasteiger partial charge in [-0.05, 0) is 25.3 Å². The van der Waals surface area contributed by atoms with E-state index in [1.807, 2.05) is 61.5 Å². The molecule has 0 aliphatic carbocycles. The van der Waals surface area contributed by atoms with Gasteiger partial charge >= 0.3 is 6.03 Å². The summed E-state index contributed by atoms with van der Waals surface area (Å²) in [5.74, 6) is 1.05. The van der Waals surface area contributed by atoms with E-state index in [2.05, 4.69) is 15.5 Å². The van der Waals surface area contributed by atoms with Crippen molar-refractivity contribution < 1.29 is 9.32 Å². The van der Waals surface area contributed by atoms with Gasteiger partial charge in [-0.1, -0.05) is 65.3 Å². The number of amides is 2. The molecule has 1 N–H and O–H groups in total. The molecule has 1 aromatic heterocycles. The minimum Gasteiger partial charge on any atom is -0.337 e. The maximum absolute atomic E-state index is 12.7. The fourth-order valence-electron chi connectivity index (χ4n) is 3.33. The molecule has 1 atom stereocenters. The van der Waals surface area contributed by atoms with Gasteiger partial charge in [0.1, 0.15) is 6.04 Å². The fraction of sp³-hybridized carbons (Fsp3) is 0.286. The maximum atomic E-state index is 12.7. The Morgan fingerprint density at radius 3 is 2.74 bits per heavy atom. The molecule has 6 heteroatoms. The van der Waals surface area contributed by atoms with Gasteiger partial charge in [-0.3, -0.25) is 0 Å². The average Bonchev–Trinajstić information content (AvgIpc) is 3.37. The van der Waals surface area contributed by atoms with Crippen LogP contribution >= 0.6 is 0 Å². The number of nitrogens with one attached hydrogen (secondary N) is 1. The van der Waals surface area contributed by atoms with Crippen molar-refractivity contribution in [1.82, 2.24) is 20.4 Å². The van der Waals surface area contributed by atoms with Crippen LogP contribution in [0.5, 0.6) is 0 Å². The summed E-state index contributed by atoms with van der Waals surface area (Å²) in [7, 11) is 0. The highest BCUT2D eigenvalue weighted by Gasteiger charge is 2.34. The lowest BCUT2D eigenvalue weighted by molar-refractivity contribution is 0.180. The van der Waals surface area contributed by atoms with Crippen molar-refractivity contribution in [1.29, 1.82) is 0 Å². The van der Waals surface area contributed by atoms with Crippen LogP contribution in [-0.4, -0.2) is 27.6 Å². The van der Waals surface area contributed by atoms with E-state index in [4.69, 9.17) is 4.52 Å². The van der Waals surface area contributed by atoms with E-state index in [1.165, 1.54) is 5.56 Å². The number of aryl methyl sites for hydroxylation is 1. The number of aromatic nitrogens is 2. The minimum atomic E-state index is -0.173. The zero-order chi connectivity index (χ0) is 18.6. The van der Waals surface area contributed by atoms with Crippen LogP contribution in [0.25, 0.3) is 11.4 Å². The third kappa shape index (κ3) is 3.84. The van der Waals surface area contributed by atoms with Crippen LogP contribution < -0.4 is 5.32 Å². The van der Waals surface area contributed by atoms with Gasteiger partial charge in [-0.2, -0.15) is 4.98 Å². The Labute approximate surface area is 158 Å². The second kappa shape index (κ2) is 7.61. The monoisotopic (exact) mass is 362 g/mol. The number of nitrogens with zero attached hydrogens (tertiary/aromatic N) is 3. The van der Waals surface area contributed by atoms with E-state index >= 15 is 0 Å². The molecule has 0 saturated carbocycles. The lowest BCUT2D eigenvalue weighted by atomic mass is 10.1. The van der Waals surface area contributed by atoms with Crippen LogP contribution in [0, 0.1) is 6.92 Å². The highest BCUT2D eigenvalue weighted by Crippen LogP contribution is 2.32. The summed E-state index contributed by atoms with van der Waals surface area (Å²) < 4.78 is 5.48. The molecule has 1 fully saturated rings. The van der Waals surface area contributed by atoms with Gasteiger partial charge in [-0.25, -0.2) is 4.79 Å². The Hall–Kier alpha value is -3.15. The van der Waals surface area contributed by atoms with Crippen LogP contribution in [-0.2, 0) is 6.54 Å². The lowest BCUT2D eigenvalue weighted by Crippen LogP contribution is -2.39. The Morgan fingerprint density at radius 1 is 1.19 bits per heavy atom. The number of hydrogen-bond donors (Lipinski definition) is 1. The molecule has 0 unspecified atom stereocenters. The molecule has 138 valence electrons. The second-order valence-electron chi connectivity index (χ2n) is 6.82. The van der Waals surface area contributed by atoms with Crippen molar-refractivity contribution in [3.8, 4) is 11.4 Å². The number of urea groups is 1. The van der Waals surface area contributed by atoms with E-state index in [0.29, 0.717) is 24.8 Å². The van der Waals surface area contributed by atoms with Gasteiger partial charge in [-0.15, -0.1) is 0 Å². The summed E-state index contributed by atoms with van der Waals surface area (Å²) in [6.07, 6.45) is 1.75. The Morgan fingerprint density at radius 2 is 1.96 bits per heavy atom. The summed E-state index contributed by atoms with van der Waals surface area (Å²) in [5, 5.41) is 7.08. The van der Waals surface area contributed by atoms with Crippen molar-refractivity contribution in [2.45, 2.75) is 32.4 Å². The van der Waals surface area contributed by atoms with Gasteiger partial charge in [0.15, 0.2) is 0 Å². The van der Waals surface area contributed by atoms with Gasteiger partial charge in [0, 0.05) is 18.7 Å². The van der Waals surface area contributed by atoms with Crippen molar-refractivity contribution in [2.24, 2.45) is 0 Å². The third-order valence-corrected chi connectivity index (χ3v) is 4.84. The Balaban J connectivity index is 1.43. The zero-order valence-electron chi connectivity index (χ0n) is 15.3. The summed E-state index contributed by atoms with van der Waals surface area (Å²) in [6.45, 7) is 3.24. The number of benzene rings is 2. The number of carbonyl (C=O) groups excluding carboxylic acids is 1. The first kappa shape index (κ1) is 17.3. The van der Waals surface area contributed by atoms with Crippen LogP contribution in [0.3, 0.4) is 0 Å².